The van der Waals surface area contributed by atoms with E-state index in [1.807, 2.05) is 38.1 Å². The first-order chi connectivity index (χ1) is 15.0. The Morgan fingerprint density at radius 2 is 1.90 bits per heavy atom. The highest BCUT2D eigenvalue weighted by Crippen LogP contribution is 2.42. The van der Waals surface area contributed by atoms with Crippen LogP contribution < -0.4 is 10.3 Å². The quantitative estimate of drug-likeness (QED) is 0.460. The van der Waals surface area contributed by atoms with Crippen LogP contribution in [0.1, 0.15) is 51.6 Å². The number of fused-ring (bicyclic) bond motifs is 2. The molecule has 1 unspecified atom stereocenters. The van der Waals surface area contributed by atoms with Crippen LogP contribution in [0.4, 0.5) is 9.52 Å². The number of hydrogen-bond donors (Lipinski definition) is 0. The molecule has 0 saturated heterocycles. The van der Waals surface area contributed by atoms with Gasteiger partial charge >= 0.3 is 0 Å². The van der Waals surface area contributed by atoms with Gasteiger partial charge < -0.3 is 4.42 Å². The monoisotopic (exact) mass is 435 g/mol. The van der Waals surface area contributed by atoms with Gasteiger partial charge in [0.15, 0.2) is 5.43 Å². The van der Waals surface area contributed by atoms with E-state index < -0.39 is 23.2 Å². The number of amides is 1. The van der Waals surface area contributed by atoms with Crippen LogP contribution in [0.5, 0.6) is 0 Å². The summed E-state index contributed by atoms with van der Waals surface area (Å²) in [6.07, 6.45) is 1.66. The predicted molar refractivity (Wildman–Crippen MR) is 116 cm³/mol. The largest absolute Gasteiger partial charge is 0.450 e. The van der Waals surface area contributed by atoms with E-state index in [4.69, 9.17) is 4.42 Å². The Bertz CT molecular complexity index is 1380. The van der Waals surface area contributed by atoms with Gasteiger partial charge in [-0.1, -0.05) is 48.1 Å². The first-order valence-electron chi connectivity index (χ1n) is 9.96. The summed E-state index contributed by atoms with van der Waals surface area (Å²) in [7, 11) is 0. The van der Waals surface area contributed by atoms with E-state index in [-0.39, 0.29) is 22.3 Å². The lowest BCUT2D eigenvalue weighted by atomic mass is 9.98. The summed E-state index contributed by atoms with van der Waals surface area (Å²) in [5.41, 5.74) is 1.74. The van der Waals surface area contributed by atoms with Crippen LogP contribution in [0.25, 0.3) is 11.0 Å². The second-order valence-corrected chi connectivity index (χ2v) is 8.57. The van der Waals surface area contributed by atoms with Crippen LogP contribution in [0.15, 0.2) is 51.7 Å². The van der Waals surface area contributed by atoms with Crippen LogP contribution in [0.3, 0.4) is 0 Å². The molecule has 0 aliphatic carbocycles. The second kappa shape index (κ2) is 7.39. The zero-order valence-corrected chi connectivity index (χ0v) is 17.7. The summed E-state index contributed by atoms with van der Waals surface area (Å²) in [6, 6.07) is 10.6. The first kappa shape index (κ1) is 19.6. The van der Waals surface area contributed by atoms with Crippen LogP contribution in [-0.4, -0.2) is 16.1 Å². The Labute approximate surface area is 181 Å². The maximum absolute atomic E-state index is 13.9. The average molecular weight is 435 g/mol. The number of rotatable bonds is 4. The lowest BCUT2D eigenvalue weighted by molar-refractivity contribution is 0.0970. The molecule has 3 heterocycles. The van der Waals surface area contributed by atoms with Crippen LogP contribution in [-0.2, 0) is 6.42 Å². The zero-order valence-electron chi connectivity index (χ0n) is 16.9. The van der Waals surface area contributed by atoms with Crippen molar-refractivity contribution < 1.29 is 13.6 Å². The van der Waals surface area contributed by atoms with Gasteiger partial charge in [0, 0.05) is 6.42 Å². The molecule has 0 N–H and O–H groups in total. The number of halogens is 1. The van der Waals surface area contributed by atoms with Crippen molar-refractivity contribution in [2.75, 3.05) is 4.90 Å². The molecule has 0 spiro atoms. The van der Waals surface area contributed by atoms with E-state index in [0.717, 1.165) is 35.0 Å². The highest BCUT2D eigenvalue weighted by atomic mass is 32.1. The van der Waals surface area contributed by atoms with E-state index in [0.29, 0.717) is 5.13 Å². The highest BCUT2D eigenvalue weighted by Gasteiger charge is 2.45. The van der Waals surface area contributed by atoms with Gasteiger partial charge in [-0.25, -0.2) is 4.39 Å². The molecule has 0 saturated carbocycles. The molecule has 31 heavy (non-hydrogen) atoms. The van der Waals surface area contributed by atoms with Crippen LogP contribution >= 0.6 is 11.3 Å². The molecule has 8 heteroatoms. The van der Waals surface area contributed by atoms with E-state index in [1.54, 1.807) is 0 Å². The molecule has 0 fully saturated rings. The first-order valence-corrected chi connectivity index (χ1v) is 10.8. The van der Waals surface area contributed by atoms with Crippen molar-refractivity contribution in [1.82, 2.24) is 10.2 Å². The van der Waals surface area contributed by atoms with E-state index in [1.165, 1.54) is 28.4 Å². The SMILES string of the molecule is CCCc1nnc(N2C(=O)c3oc4ccc(F)cc4c(=O)c3C2c2ccc(C)cc2)s1. The lowest BCUT2D eigenvalue weighted by Crippen LogP contribution is -2.29. The molecule has 2 aromatic carbocycles. The van der Waals surface area contributed by atoms with Crippen molar-refractivity contribution in [3.63, 3.8) is 0 Å². The number of carbonyl (C=O) groups excluding carboxylic acids is 1. The maximum Gasteiger partial charge on any atom is 0.297 e. The van der Waals surface area contributed by atoms with Crippen molar-refractivity contribution in [3.05, 3.63) is 86.0 Å². The molecule has 1 atom stereocenters. The molecule has 156 valence electrons. The van der Waals surface area contributed by atoms with Gasteiger partial charge in [0.25, 0.3) is 5.91 Å². The lowest BCUT2D eigenvalue weighted by Gasteiger charge is -2.22. The van der Waals surface area contributed by atoms with Crippen LogP contribution in [0.2, 0.25) is 0 Å². The van der Waals surface area contributed by atoms with Crippen molar-refractivity contribution >= 4 is 33.3 Å². The van der Waals surface area contributed by atoms with Gasteiger partial charge in [0.2, 0.25) is 10.9 Å². The number of aryl methyl sites for hydroxylation is 2. The van der Waals surface area contributed by atoms with Crippen molar-refractivity contribution in [1.29, 1.82) is 0 Å². The van der Waals surface area contributed by atoms with E-state index >= 15 is 0 Å². The molecule has 2 aromatic heterocycles. The third-order valence-corrected chi connectivity index (χ3v) is 6.33. The molecule has 4 aromatic rings. The van der Waals surface area contributed by atoms with E-state index in [9.17, 15) is 14.0 Å². The minimum absolute atomic E-state index is 0.0399. The smallest absolute Gasteiger partial charge is 0.297 e. The van der Waals surface area contributed by atoms with Gasteiger partial charge in [-0.15, -0.1) is 10.2 Å². The summed E-state index contributed by atoms with van der Waals surface area (Å²) in [4.78, 5) is 28.3. The topological polar surface area (TPSA) is 76.3 Å². The number of benzene rings is 2. The highest BCUT2D eigenvalue weighted by molar-refractivity contribution is 7.15. The number of anilines is 1. The normalized spacial score (nSPS) is 15.6. The zero-order chi connectivity index (χ0) is 21.7. The fourth-order valence-electron chi connectivity index (χ4n) is 3.86. The summed E-state index contributed by atoms with van der Waals surface area (Å²) < 4.78 is 19.7. The Balaban J connectivity index is 1.77. The average Bonchev–Trinajstić information content (AvgIpc) is 3.32. The third-order valence-electron chi connectivity index (χ3n) is 5.35. The van der Waals surface area contributed by atoms with Crippen LogP contribution in [0, 0.1) is 12.7 Å². The van der Waals surface area contributed by atoms with Gasteiger partial charge in [-0.05, 0) is 37.1 Å². The standard InChI is InChI=1S/C23H18FN3O3S/c1-3-4-17-25-26-23(31-17)27-19(13-7-5-12(2)6-8-13)18-20(28)15-11-14(24)9-10-16(15)30-21(18)22(27)29/h5-11,19H,3-4H2,1-2H3. The van der Waals surface area contributed by atoms with Gasteiger partial charge in [-0.3, -0.25) is 14.5 Å². The number of carbonyl (C=O) groups is 1. The molecule has 1 aliphatic heterocycles. The Morgan fingerprint density at radius 3 is 2.65 bits per heavy atom. The maximum atomic E-state index is 13.9. The van der Waals surface area contributed by atoms with Crippen molar-refractivity contribution in [3.8, 4) is 0 Å². The summed E-state index contributed by atoms with van der Waals surface area (Å²) in [5.74, 6) is -1.04. The molecule has 0 radical (unpaired) electrons. The number of hydrogen-bond acceptors (Lipinski definition) is 6. The molecule has 0 bridgehead atoms. The number of aromatic nitrogens is 2. The fraction of sp³-hybridized carbons (Fsp3) is 0.217. The number of nitrogens with zero attached hydrogens (tertiary/aromatic N) is 3. The minimum atomic E-state index is -0.727. The van der Waals surface area contributed by atoms with Gasteiger partial charge in [-0.2, -0.15) is 0 Å². The Hall–Kier alpha value is -3.39. The molecular weight excluding hydrogens is 417 g/mol. The molecule has 5 rings (SSSR count). The molecular formula is C23H18FN3O3S. The molecule has 1 aliphatic rings. The van der Waals surface area contributed by atoms with Gasteiger partial charge in [0.1, 0.15) is 16.4 Å². The third kappa shape index (κ3) is 3.14. The van der Waals surface area contributed by atoms with Crippen molar-refractivity contribution in [2.45, 2.75) is 32.7 Å². The Kier molecular flexibility index (Phi) is 4.66. The Morgan fingerprint density at radius 1 is 1.13 bits per heavy atom. The molecule has 6 nitrogen and oxygen atoms in total. The summed E-state index contributed by atoms with van der Waals surface area (Å²) >= 11 is 1.32. The van der Waals surface area contributed by atoms with Crippen molar-refractivity contribution in [2.24, 2.45) is 0 Å². The minimum Gasteiger partial charge on any atom is -0.450 e. The predicted octanol–water partition coefficient (Wildman–Crippen LogP) is 4.79. The summed E-state index contributed by atoms with van der Waals surface area (Å²) in [6.45, 7) is 4.00. The van der Waals surface area contributed by atoms with E-state index in [2.05, 4.69) is 10.2 Å². The van der Waals surface area contributed by atoms with Gasteiger partial charge in [0.05, 0.1) is 17.0 Å². The second-order valence-electron chi connectivity index (χ2n) is 7.53. The molecule has 1 amide bonds. The fourth-order valence-corrected chi connectivity index (χ4v) is 4.83. The summed E-state index contributed by atoms with van der Waals surface area (Å²) in [5, 5.41) is 9.75.